The van der Waals surface area contributed by atoms with Crippen LogP contribution in [0, 0.1) is 11.3 Å². The maximum absolute atomic E-state index is 11.9. The lowest BCUT2D eigenvalue weighted by atomic mass is 10.2. The van der Waals surface area contributed by atoms with Crippen LogP contribution in [0.15, 0.2) is 29.2 Å². The predicted molar refractivity (Wildman–Crippen MR) is 69.1 cm³/mol. The minimum Gasteiger partial charge on any atom is -0.466 e. The molecule has 0 saturated heterocycles. The van der Waals surface area contributed by atoms with E-state index in [1.54, 1.807) is 6.92 Å². The number of hydrogen-bond donors (Lipinski definition) is 0. The number of nitriles is 1. The third-order valence-corrected chi connectivity index (χ3v) is 4.26. The molecule has 0 aliphatic carbocycles. The van der Waals surface area contributed by atoms with Gasteiger partial charge in [0.15, 0.2) is 9.84 Å². The second-order valence-corrected chi connectivity index (χ2v) is 5.97. The zero-order chi connectivity index (χ0) is 14.3. The van der Waals surface area contributed by atoms with E-state index in [0.29, 0.717) is 12.2 Å². The second kappa shape index (κ2) is 6.90. The Balaban J connectivity index is 2.61. The van der Waals surface area contributed by atoms with Crippen LogP contribution in [0.3, 0.4) is 0 Å². The highest BCUT2D eigenvalue weighted by molar-refractivity contribution is 7.91. The van der Waals surface area contributed by atoms with E-state index >= 15 is 0 Å². The van der Waals surface area contributed by atoms with Gasteiger partial charge in [0.25, 0.3) is 0 Å². The molecule has 0 aromatic heterocycles. The zero-order valence-electron chi connectivity index (χ0n) is 10.6. The Bertz CT molecular complexity index is 570. The van der Waals surface area contributed by atoms with E-state index in [2.05, 4.69) is 0 Å². The first-order valence-corrected chi connectivity index (χ1v) is 7.53. The van der Waals surface area contributed by atoms with Crippen molar-refractivity contribution in [1.29, 1.82) is 5.26 Å². The summed E-state index contributed by atoms with van der Waals surface area (Å²) in [6, 6.07) is 7.64. The first-order chi connectivity index (χ1) is 8.99. The molecule has 5 nitrogen and oxygen atoms in total. The number of sulfone groups is 1. The molecule has 1 rings (SSSR count). The summed E-state index contributed by atoms with van der Waals surface area (Å²) in [7, 11) is -3.41. The van der Waals surface area contributed by atoms with Crippen molar-refractivity contribution in [1.82, 2.24) is 0 Å². The largest absolute Gasteiger partial charge is 0.466 e. The van der Waals surface area contributed by atoms with Gasteiger partial charge in [0.2, 0.25) is 0 Å². The minimum absolute atomic E-state index is 0.0867. The standard InChI is InChI=1S/C13H15NO4S/c1-2-18-13(15)4-3-9-19(16,17)12-7-5-11(10-14)6-8-12/h5-8H,2-4,9H2,1H3. The molecular formula is C13H15NO4S. The van der Waals surface area contributed by atoms with E-state index in [4.69, 9.17) is 10.00 Å². The van der Waals surface area contributed by atoms with Crippen LogP contribution in [0.1, 0.15) is 25.3 Å². The molecule has 0 N–H and O–H groups in total. The second-order valence-electron chi connectivity index (χ2n) is 3.86. The zero-order valence-corrected chi connectivity index (χ0v) is 11.4. The van der Waals surface area contributed by atoms with Gasteiger partial charge in [0, 0.05) is 6.42 Å². The first kappa shape index (κ1) is 15.2. The molecule has 0 radical (unpaired) electrons. The number of nitrogens with zero attached hydrogens (tertiary/aromatic N) is 1. The minimum atomic E-state index is -3.41. The van der Waals surface area contributed by atoms with Crippen molar-refractivity contribution < 1.29 is 17.9 Å². The number of hydrogen-bond acceptors (Lipinski definition) is 5. The summed E-state index contributed by atoms with van der Waals surface area (Å²) in [5.74, 6) is -0.505. The van der Waals surface area contributed by atoms with Crippen molar-refractivity contribution >= 4 is 15.8 Å². The molecule has 0 heterocycles. The first-order valence-electron chi connectivity index (χ1n) is 5.88. The van der Waals surface area contributed by atoms with Crippen molar-refractivity contribution in [3.63, 3.8) is 0 Å². The topological polar surface area (TPSA) is 84.2 Å². The molecule has 102 valence electrons. The van der Waals surface area contributed by atoms with Gasteiger partial charge in [-0.3, -0.25) is 4.79 Å². The summed E-state index contributed by atoms with van der Waals surface area (Å²) in [4.78, 5) is 11.3. The molecule has 1 aromatic carbocycles. The monoisotopic (exact) mass is 281 g/mol. The smallest absolute Gasteiger partial charge is 0.305 e. The third-order valence-electron chi connectivity index (χ3n) is 2.44. The number of esters is 1. The van der Waals surface area contributed by atoms with E-state index in [0.717, 1.165) is 0 Å². The highest BCUT2D eigenvalue weighted by atomic mass is 32.2. The summed E-state index contributed by atoms with van der Waals surface area (Å²) in [6.45, 7) is 1.99. The molecule has 0 saturated carbocycles. The Morgan fingerprint density at radius 2 is 1.95 bits per heavy atom. The van der Waals surface area contributed by atoms with Gasteiger partial charge < -0.3 is 4.74 Å². The average molecular weight is 281 g/mol. The predicted octanol–water partition coefficient (Wildman–Crippen LogP) is 1.68. The number of carbonyl (C=O) groups is 1. The average Bonchev–Trinajstić information content (AvgIpc) is 2.39. The molecule has 0 bridgehead atoms. The Morgan fingerprint density at radius 1 is 1.32 bits per heavy atom. The molecule has 0 unspecified atom stereocenters. The van der Waals surface area contributed by atoms with Gasteiger partial charge in [-0.25, -0.2) is 8.42 Å². The van der Waals surface area contributed by atoms with E-state index < -0.39 is 15.8 Å². The summed E-state index contributed by atoms with van der Waals surface area (Å²) in [5, 5.41) is 8.63. The molecule has 0 fully saturated rings. The summed E-state index contributed by atoms with van der Waals surface area (Å²) < 4.78 is 28.6. The Morgan fingerprint density at radius 3 is 2.47 bits per heavy atom. The lowest BCUT2D eigenvalue weighted by Crippen LogP contribution is -2.10. The molecule has 19 heavy (non-hydrogen) atoms. The highest BCUT2D eigenvalue weighted by Crippen LogP contribution is 2.13. The van der Waals surface area contributed by atoms with Crippen LogP contribution >= 0.6 is 0 Å². The van der Waals surface area contributed by atoms with Crippen LogP contribution in [-0.4, -0.2) is 26.7 Å². The molecular weight excluding hydrogens is 266 g/mol. The highest BCUT2D eigenvalue weighted by Gasteiger charge is 2.15. The van der Waals surface area contributed by atoms with Crippen molar-refractivity contribution in [3.05, 3.63) is 29.8 Å². The Kier molecular flexibility index (Phi) is 5.52. The molecule has 6 heteroatoms. The lowest BCUT2D eigenvalue weighted by molar-refractivity contribution is -0.143. The fourth-order valence-electron chi connectivity index (χ4n) is 1.49. The Hall–Kier alpha value is -1.87. The quantitative estimate of drug-likeness (QED) is 0.741. The number of carbonyl (C=O) groups excluding carboxylic acids is 1. The molecule has 0 atom stereocenters. The third kappa shape index (κ3) is 4.72. The van der Waals surface area contributed by atoms with E-state index in [1.165, 1.54) is 24.3 Å². The van der Waals surface area contributed by atoms with Gasteiger partial charge in [-0.1, -0.05) is 0 Å². The number of ether oxygens (including phenoxy) is 1. The SMILES string of the molecule is CCOC(=O)CCCS(=O)(=O)c1ccc(C#N)cc1. The van der Waals surface area contributed by atoms with Gasteiger partial charge >= 0.3 is 5.97 Å². The van der Waals surface area contributed by atoms with Crippen molar-refractivity contribution in [3.8, 4) is 6.07 Å². The van der Waals surface area contributed by atoms with Crippen LogP contribution in [-0.2, 0) is 19.4 Å². The van der Waals surface area contributed by atoms with Crippen LogP contribution in [0.5, 0.6) is 0 Å². The van der Waals surface area contributed by atoms with Crippen molar-refractivity contribution in [2.45, 2.75) is 24.7 Å². The van der Waals surface area contributed by atoms with Crippen LogP contribution in [0.25, 0.3) is 0 Å². The van der Waals surface area contributed by atoms with E-state index in [9.17, 15) is 13.2 Å². The van der Waals surface area contributed by atoms with Gasteiger partial charge in [0.1, 0.15) is 0 Å². The fraction of sp³-hybridized carbons (Fsp3) is 0.385. The summed E-state index contributed by atoms with van der Waals surface area (Å²) in [6.07, 6.45) is 0.310. The number of rotatable bonds is 6. The fourth-order valence-corrected chi connectivity index (χ4v) is 2.81. The molecule has 0 spiro atoms. The van der Waals surface area contributed by atoms with Crippen molar-refractivity contribution in [2.24, 2.45) is 0 Å². The van der Waals surface area contributed by atoms with Crippen LogP contribution < -0.4 is 0 Å². The molecule has 1 aromatic rings. The van der Waals surface area contributed by atoms with Crippen molar-refractivity contribution in [2.75, 3.05) is 12.4 Å². The van der Waals surface area contributed by atoms with E-state index in [-0.39, 0.29) is 23.5 Å². The van der Waals surface area contributed by atoms with Gasteiger partial charge in [-0.15, -0.1) is 0 Å². The maximum atomic E-state index is 11.9. The Labute approximate surface area is 112 Å². The maximum Gasteiger partial charge on any atom is 0.305 e. The summed E-state index contributed by atoms with van der Waals surface area (Å²) in [5.41, 5.74) is 0.408. The molecule has 0 amide bonds. The molecule has 0 aliphatic rings. The van der Waals surface area contributed by atoms with Crippen LogP contribution in [0.4, 0.5) is 0 Å². The number of benzene rings is 1. The lowest BCUT2D eigenvalue weighted by Gasteiger charge is -2.04. The van der Waals surface area contributed by atoms with Gasteiger partial charge in [-0.05, 0) is 37.6 Å². The summed E-state index contributed by atoms with van der Waals surface area (Å²) >= 11 is 0. The molecule has 0 aliphatic heterocycles. The van der Waals surface area contributed by atoms with E-state index in [1.807, 2.05) is 6.07 Å². The van der Waals surface area contributed by atoms with Gasteiger partial charge in [0.05, 0.1) is 28.9 Å². The normalized spacial score (nSPS) is 10.7. The van der Waals surface area contributed by atoms with Gasteiger partial charge in [-0.2, -0.15) is 5.26 Å². The van der Waals surface area contributed by atoms with Crippen LogP contribution in [0.2, 0.25) is 0 Å².